The zero-order valence-corrected chi connectivity index (χ0v) is 16.3. The van der Waals surface area contributed by atoms with E-state index in [-0.39, 0.29) is 42.6 Å². The van der Waals surface area contributed by atoms with Gasteiger partial charge >= 0.3 is 0 Å². The Morgan fingerprint density at radius 2 is 1.84 bits per heavy atom. The number of nitrogens with one attached hydrogen (secondary N) is 1. The fourth-order valence-electron chi connectivity index (χ4n) is 3.74. The fraction of sp³-hybridized carbons (Fsp3) is 0.611. The van der Waals surface area contributed by atoms with E-state index >= 15 is 0 Å². The van der Waals surface area contributed by atoms with Gasteiger partial charge in [-0.2, -0.15) is 0 Å². The molecule has 1 amide bonds. The van der Waals surface area contributed by atoms with Crippen LogP contribution < -0.4 is 5.32 Å². The molecule has 2 aliphatic heterocycles. The van der Waals surface area contributed by atoms with Crippen molar-refractivity contribution in [3.63, 3.8) is 0 Å². The van der Waals surface area contributed by atoms with E-state index in [0.29, 0.717) is 6.04 Å². The van der Waals surface area contributed by atoms with Crippen LogP contribution in [0.2, 0.25) is 0 Å². The summed E-state index contributed by atoms with van der Waals surface area (Å²) in [6, 6.07) is 7.00. The number of likely N-dealkylation sites (tertiary alicyclic amines) is 2. The predicted molar refractivity (Wildman–Crippen MR) is 103 cm³/mol. The van der Waals surface area contributed by atoms with Gasteiger partial charge in [0.25, 0.3) is 0 Å². The molecule has 7 heteroatoms. The Morgan fingerprint density at radius 3 is 2.52 bits per heavy atom. The number of nitrogens with zero attached hydrogens (tertiary/aromatic N) is 2. The molecule has 4 nitrogen and oxygen atoms in total. The average molecular weight is 392 g/mol. The molecule has 0 saturated carbocycles. The lowest BCUT2D eigenvalue weighted by Gasteiger charge is -2.36. The van der Waals surface area contributed by atoms with E-state index < -0.39 is 0 Å². The van der Waals surface area contributed by atoms with Crippen molar-refractivity contribution in [1.82, 2.24) is 15.1 Å². The molecule has 2 unspecified atom stereocenters. The highest BCUT2D eigenvalue weighted by molar-refractivity contribution is 5.85. The van der Waals surface area contributed by atoms with E-state index in [1.54, 1.807) is 0 Å². The van der Waals surface area contributed by atoms with Crippen molar-refractivity contribution in [3.8, 4) is 0 Å². The van der Waals surface area contributed by atoms with E-state index in [1.807, 2.05) is 24.1 Å². The van der Waals surface area contributed by atoms with E-state index in [4.69, 9.17) is 0 Å². The monoisotopic (exact) mass is 391 g/mol. The molecule has 2 fully saturated rings. The van der Waals surface area contributed by atoms with Crippen LogP contribution in [0.3, 0.4) is 0 Å². The lowest BCUT2D eigenvalue weighted by atomic mass is 10.0. The van der Waals surface area contributed by atoms with E-state index in [2.05, 4.69) is 10.2 Å². The van der Waals surface area contributed by atoms with Gasteiger partial charge in [0.2, 0.25) is 5.91 Å². The highest BCUT2D eigenvalue weighted by Gasteiger charge is 2.35. The van der Waals surface area contributed by atoms with Crippen molar-refractivity contribution in [2.45, 2.75) is 44.3 Å². The lowest BCUT2D eigenvalue weighted by Crippen LogP contribution is -2.52. The van der Waals surface area contributed by atoms with Gasteiger partial charge in [-0.25, -0.2) is 4.39 Å². The van der Waals surface area contributed by atoms with Crippen molar-refractivity contribution >= 4 is 30.7 Å². The summed E-state index contributed by atoms with van der Waals surface area (Å²) < 4.78 is 13.0. The quantitative estimate of drug-likeness (QED) is 0.856. The summed E-state index contributed by atoms with van der Waals surface area (Å²) in [5.74, 6) is 0.0544. The second-order valence-corrected chi connectivity index (χ2v) is 6.67. The third-order valence-electron chi connectivity index (χ3n) is 5.09. The minimum absolute atomic E-state index is 0. The summed E-state index contributed by atoms with van der Waals surface area (Å²) in [6.45, 7) is 3.35. The van der Waals surface area contributed by atoms with E-state index in [9.17, 15) is 9.18 Å². The van der Waals surface area contributed by atoms with Crippen LogP contribution in [0.25, 0.3) is 0 Å². The van der Waals surface area contributed by atoms with Gasteiger partial charge in [0, 0.05) is 25.7 Å². The normalized spacial score (nSPS) is 23.7. The number of carbonyl (C=O) groups excluding carboxylic acids is 1. The summed E-state index contributed by atoms with van der Waals surface area (Å²) in [6.07, 6.45) is 4.20. The van der Waals surface area contributed by atoms with Crippen LogP contribution in [-0.4, -0.2) is 54.5 Å². The molecule has 0 bridgehead atoms. The van der Waals surface area contributed by atoms with Crippen LogP contribution >= 0.6 is 24.8 Å². The summed E-state index contributed by atoms with van der Waals surface area (Å²) in [5, 5.41) is 3.29. The summed E-state index contributed by atoms with van der Waals surface area (Å²) in [7, 11) is 1.97. The Labute approximate surface area is 162 Å². The van der Waals surface area contributed by atoms with Crippen LogP contribution in [0.1, 0.15) is 31.2 Å². The van der Waals surface area contributed by atoms with Crippen molar-refractivity contribution in [3.05, 3.63) is 35.6 Å². The second kappa shape index (κ2) is 10.3. The molecular formula is C18H28Cl2FN3O. The predicted octanol–water partition coefficient (Wildman–Crippen LogP) is 2.84. The largest absolute Gasteiger partial charge is 0.340 e. The first kappa shape index (κ1) is 22.2. The maximum Gasteiger partial charge on any atom is 0.239 e. The van der Waals surface area contributed by atoms with Gasteiger partial charge < -0.3 is 10.2 Å². The number of halogens is 3. The lowest BCUT2D eigenvalue weighted by molar-refractivity contribution is -0.137. The highest BCUT2D eigenvalue weighted by Crippen LogP contribution is 2.23. The van der Waals surface area contributed by atoms with E-state index in [0.717, 1.165) is 57.4 Å². The van der Waals surface area contributed by atoms with Crippen LogP contribution in [0, 0.1) is 5.82 Å². The molecule has 2 atom stereocenters. The Kier molecular flexibility index (Phi) is 9.14. The van der Waals surface area contributed by atoms with Crippen LogP contribution in [0.5, 0.6) is 0 Å². The minimum atomic E-state index is -0.214. The molecule has 2 saturated heterocycles. The third-order valence-corrected chi connectivity index (χ3v) is 5.09. The molecular weight excluding hydrogens is 364 g/mol. The molecule has 3 rings (SSSR count). The number of piperidine rings is 1. The van der Waals surface area contributed by atoms with Crippen LogP contribution in [0.15, 0.2) is 24.3 Å². The number of carbonyl (C=O) groups is 1. The van der Waals surface area contributed by atoms with Gasteiger partial charge in [-0.15, -0.1) is 24.8 Å². The number of amides is 1. The number of hydrogen-bond donors (Lipinski definition) is 1. The van der Waals surface area contributed by atoms with E-state index in [1.165, 1.54) is 12.1 Å². The molecule has 25 heavy (non-hydrogen) atoms. The Bertz CT molecular complexity index is 544. The van der Waals surface area contributed by atoms with Gasteiger partial charge in [0.1, 0.15) is 5.82 Å². The van der Waals surface area contributed by atoms with Gasteiger partial charge in [-0.1, -0.05) is 12.1 Å². The second-order valence-electron chi connectivity index (χ2n) is 6.67. The molecule has 0 spiro atoms. The minimum Gasteiger partial charge on any atom is -0.340 e. The zero-order valence-electron chi connectivity index (χ0n) is 14.6. The third kappa shape index (κ3) is 5.55. The summed E-state index contributed by atoms with van der Waals surface area (Å²) in [5.41, 5.74) is 1.07. The number of rotatable bonds is 4. The standard InChI is InChI=1S/C18H26FN3O.2ClH/c1-20-16-4-2-11-22(13-16)18(23)17-5-3-10-21(17)12-14-6-8-15(19)9-7-14;;/h6-9,16-17,20H,2-5,10-13H2,1H3;2*1H. The zero-order chi connectivity index (χ0) is 16.2. The van der Waals surface area contributed by atoms with Crippen molar-refractivity contribution in [2.24, 2.45) is 0 Å². The SMILES string of the molecule is CNC1CCCN(C(=O)C2CCCN2Cc2ccc(F)cc2)C1.Cl.Cl. The molecule has 0 aliphatic carbocycles. The number of benzene rings is 1. The van der Waals surface area contributed by atoms with Crippen LogP contribution in [-0.2, 0) is 11.3 Å². The first-order valence-corrected chi connectivity index (χ1v) is 8.62. The van der Waals surface area contributed by atoms with Gasteiger partial charge in [-0.05, 0) is 57.0 Å². The van der Waals surface area contributed by atoms with Gasteiger partial charge in [0.05, 0.1) is 6.04 Å². The molecule has 142 valence electrons. The average Bonchev–Trinajstić information content (AvgIpc) is 3.04. The van der Waals surface area contributed by atoms with Crippen molar-refractivity contribution in [2.75, 3.05) is 26.7 Å². The molecule has 1 aromatic carbocycles. The van der Waals surface area contributed by atoms with Crippen molar-refractivity contribution < 1.29 is 9.18 Å². The number of likely N-dealkylation sites (N-methyl/N-ethyl adjacent to an activating group) is 1. The molecule has 2 aliphatic rings. The van der Waals surface area contributed by atoms with Gasteiger partial charge in [-0.3, -0.25) is 9.69 Å². The Hall–Kier alpha value is -0.880. The Balaban J connectivity index is 0.00000156. The molecule has 1 aromatic rings. The maximum absolute atomic E-state index is 13.0. The molecule has 1 N–H and O–H groups in total. The molecule has 2 heterocycles. The molecule has 0 aromatic heterocycles. The molecule has 0 radical (unpaired) electrons. The first-order chi connectivity index (χ1) is 11.2. The number of hydrogen-bond acceptors (Lipinski definition) is 3. The topological polar surface area (TPSA) is 35.6 Å². The fourth-order valence-corrected chi connectivity index (χ4v) is 3.74. The smallest absolute Gasteiger partial charge is 0.239 e. The van der Waals surface area contributed by atoms with Gasteiger partial charge in [0.15, 0.2) is 0 Å². The summed E-state index contributed by atoms with van der Waals surface area (Å²) in [4.78, 5) is 17.2. The first-order valence-electron chi connectivity index (χ1n) is 8.62. The summed E-state index contributed by atoms with van der Waals surface area (Å²) >= 11 is 0. The highest BCUT2D eigenvalue weighted by atomic mass is 35.5. The maximum atomic E-state index is 13.0. The Morgan fingerprint density at radius 1 is 1.16 bits per heavy atom. The van der Waals surface area contributed by atoms with Crippen LogP contribution in [0.4, 0.5) is 4.39 Å². The van der Waals surface area contributed by atoms with Crippen molar-refractivity contribution in [1.29, 1.82) is 0 Å².